The van der Waals surface area contributed by atoms with Crippen molar-refractivity contribution in [2.24, 2.45) is 0 Å². The van der Waals surface area contributed by atoms with Crippen LogP contribution in [0.15, 0.2) is 42.5 Å². The molecule has 0 aliphatic rings. The molecule has 0 aliphatic carbocycles. The minimum Gasteiger partial charge on any atom is -0.467 e. The Labute approximate surface area is 134 Å². The lowest BCUT2D eigenvalue weighted by atomic mass is 10.1. The normalized spacial score (nSPS) is 11.5. The summed E-state index contributed by atoms with van der Waals surface area (Å²) in [7, 11) is 1.28. The van der Waals surface area contributed by atoms with Crippen molar-refractivity contribution in [3.8, 4) is 6.07 Å². The Morgan fingerprint density at radius 2 is 1.96 bits per heavy atom. The lowest BCUT2D eigenvalue weighted by Gasteiger charge is -2.16. The van der Waals surface area contributed by atoms with Gasteiger partial charge in [-0.3, -0.25) is 4.79 Å². The monoisotopic (exact) mass is 310 g/mol. The Kier molecular flexibility index (Phi) is 5.70. The van der Waals surface area contributed by atoms with Gasteiger partial charge in [-0.25, -0.2) is 4.79 Å². The Morgan fingerprint density at radius 1 is 1.22 bits per heavy atom. The van der Waals surface area contributed by atoms with Gasteiger partial charge in [0.25, 0.3) is 5.91 Å². The molecule has 0 aliphatic heterocycles. The highest BCUT2D eigenvalue weighted by atomic mass is 16.5. The van der Waals surface area contributed by atoms with Crippen LogP contribution in [0.3, 0.4) is 0 Å². The quantitative estimate of drug-likeness (QED) is 0.657. The van der Waals surface area contributed by atoms with Crippen molar-refractivity contribution in [1.29, 1.82) is 5.26 Å². The number of fused-ring (bicyclic) bond motifs is 1. The first kappa shape index (κ1) is 16.5. The SMILES string of the molecule is COC(=O)[C@@H](CCCC#N)NC(=O)c1ccc2ccccc2c1. The Balaban J connectivity index is 2.12. The zero-order valence-electron chi connectivity index (χ0n) is 12.9. The number of rotatable bonds is 6. The summed E-state index contributed by atoms with van der Waals surface area (Å²) in [6, 6.07) is 14.4. The molecule has 1 atom stereocenters. The molecule has 0 aromatic heterocycles. The van der Waals surface area contributed by atoms with Crippen molar-refractivity contribution in [2.45, 2.75) is 25.3 Å². The molecule has 2 aromatic carbocycles. The smallest absolute Gasteiger partial charge is 0.328 e. The van der Waals surface area contributed by atoms with E-state index in [1.807, 2.05) is 36.4 Å². The summed E-state index contributed by atoms with van der Waals surface area (Å²) in [5.41, 5.74) is 0.484. The molecule has 0 fully saturated rings. The fraction of sp³-hybridized carbons (Fsp3) is 0.278. The molecule has 5 nitrogen and oxygen atoms in total. The predicted molar refractivity (Wildman–Crippen MR) is 86.7 cm³/mol. The highest BCUT2D eigenvalue weighted by molar-refractivity contribution is 6.00. The van der Waals surface area contributed by atoms with E-state index in [9.17, 15) is 9.59 Å². The summed E-state index contributed by atoms with van der Waals surface area (Å²) in [6.45, 7) is 0. The number of nitriles is 1. The van der Waals surface area contributed by atoms with Crippen molar-refractivity contribution in [3.05, 3.63) is 48.0 Å². The maximum atomic E-state index is 12.4. The van der Waals surface area contributed by atoms with Crippen LogP contribution in [0.1, 0.15) is 29.6 Å². The van der Waals surface area contributed by atoms with Crippen LogP contribution in [0.5, 0.6) is 0 Å². The molecule has 0 unspecified atom stereocenters. The maximum Gasteiger partial charge on any atom is 0.328 e. The molecule has 0 saturated heterocycles. The van der Waals surface area contributed by atoms with E-state index in [1.54, 1.807) is 12.1 Å². The number of carbonyl (C=O) groups is 2. The molecule has 23 heavy (non-hydrogen) atoms. The summed E-state index contributed by atoms with van der Waals surface area (Å²) >= 11 is 0. The van der Waals surface area contributed by atoms with E-state index in [-0.39, 0.29) is 5.91 Å². The molecule has 1 amide bonds. The molecule has 2 rings (SSSR count). The number of hydrogen-bond donors (Lipinski definition) is 1. The second-order valence-corrected chi connectivity index (χ2v) is 5.16. The fourth-order valence-electron chi connectivity index (χ4n) is 2.35. The van der Waals surface area contributed by atoms with Gasteiger partial charge in [0.15, 0.2) is 0 Å². The molecule has 118 valence electrons. The van der Waals surface area contributed by atoms with Gasteiger partial charge in [0.05, 0.1) is 13.2 Å². The van der Waals surface area contributed by atoms with E-state index in [4.69, 9.17) is 10.00 Å². The van der Waals surface area contributed by atoms with Gasteiger partial charge in [-0.1, -0.05) is 30.3 Å². The molecule has 0 saturated carbocycles. The number of nitrogens with one attached hydrogen (secondary N) is 1. The third-order valence-corrected chi connectivity index (χ3v) is 3.58. The van der Waals surface area contributed by atoms with Crippen molar-refractivity contribution in [3.63, 3.8) is 0 Å². The molecule has 5 heteroatoms. The van der Waals surface area contributed by atoms with Crippen LogP contribution in [0.2, 0.25) is 0 Å². The number of carbonyl (C=O) groups excluding carboxylic acids is 2. The van der Waals surface area contributed by atoms with Crippen LogP contribution in [0.4, 0.5) is 0 Å². The lowest BCUT2D eigenvalue weighted by Crippen LogP contribution is -2.41. The van der Waals surface area contributed by atoms with Gasteiger partial charge in [0.2, 0.25) is 0 Å². The van der Waals surface area contributed by atoms with Gasteiger partial charge in [0.1, 0.15) is 6.04 Å². The van der Waals surface area contributed by atoms with Crippen molar-refractivity contribution in [1.82, 2.24) is 5.32 Å². The van der Waals surface area contributed by atoms with Crippen molar-refractivity contribution >= 4 is 22.6 Å². The lowest BCUT2D eigenvalue weighted by molar-refractivity contribution is -0.143. The Bertz CT molecular complexity index is 749. The standard InChI is InChI=1S/C18H18N2O3/c1-23-18(22)16(8-4-5-11-19)20-17(21)15-10-9-13-6-2-3-7-14(13)12-15/h2-3,6-7,9-10,12,16H,4-5,8H2,1H3,(H,20,21)/t16-/m1/s1. The van der Waals surface area contributed by atoms with Crippen LogP contribution in [0.25, 0.3) is 10.8 Å². The first-order chi connectivity index (χ1) is 11.2. The molecule has 1 N–H and O–H groups in total. The topological polar surface area (TPSA) is 79.2 Å². The zero-order chi connectivity index (χ0) is 16.7. The summed E-state index contributed by atoms with van der Waals surface area (Å²) in [5, 5.41) is 13.3. The number of esters is 1. The molecule has 0 radical (unpaired) electrons. The average molecular weight is 310 g/mol. The van der Waals surface area contributed by atoms with Crippen LogP contribution in [-0.2, 0) is 9.53 Å². The fourth-order valence-corrected chi connectivity index (χ4v) is 2.35. The first-order valence-electron chi connectivity index (χ1n) is 7.40. The zero-order valence-corrected chi connectivity index (χ0v) is 12.9. The van der Waals surface area contributed by atoms with E-state index >= 15 is 0 Å². The largest absolute Gasteiger partial charge is 0.467 e. The summed E-state index contributed by atoms with van der Waals surface area (Å²) < 4.78 is 4.71. The summed E-state index contributed by atoms with van der Waals surface area (Å²) in [6.07, 6.45) is 1.23. The van der Waals surface area contributed by atoms with Gasteiger partial charge in [-0.15, -0.1) is 0 Å². The Morgan fingerprint density at radius 3 is 2.65 bits per heavy atom. The first-order valence-corrected chi connectivity index (χ1v) is 7.40. The van der Waals surface area contributed by atoms with E-state index < -0.39 is 12.0 Å². The number of nitrogens with zero attached hydrogens (tertiary/aromatic N) is 1. The van der Waals surface area contributed by atoms with Gasteiger partial charge < -0.3 is 10.1 Å². The third kappa shape index (κ3) is 4.30. The number of benzene rings is 2. The minimum absolute atomic E-state index is 0.330. The minimum atomic E-state index is -0.743. The molecular formula is C18H18N2O3. The predicted octanol–water partition coefficient (Wildman–Crippen LogP) is 2.81. The van der Waals surface area contributed by atoms with E-state index in [2.05, 4.69) is 5.32 Å². The number of amides is 1. The molecule has 0 bridgehead atoms. The van der Waals surface area contributed by atoms with Crippen LogP contribution >= 0.6 is 0 Å². The van der Waals surface area contributed by atoms with Crippen LogP contribution in [-0.4, -0.2) is 25.0 Å². The second kappa shape index (κ2) is 7.95. The van der Waals surface area contributed by atoms with E-state index in [0.29, 0.717) is 24.8 Å². The maximum absolute atomic E-state index is 12.4. The highest BCUT2D eigenvalue weighted by Gasteiger charge is 2.21. The average Bonchev–Trinajstić information content (AvgIpc) is 2.59. The van der Waals surface area contributed by atoms with E-state index in [0.717, 1.165) is 10.8 Å². The van der Waals surface area contributed by atoms with Gasteiger partial charge in [-0.05, 0) is 35.7 Å². The third-order valence-electron chi connectivity index (χ3n) is 3.58. The summed E-state index contributed by atoms with van der Waals surface area (Å²) in [4.78, 5) is 24.1. The molecule has 0 heterocycles. The van der Waals surface area contributed by atoms with Gasteiger partial charge >= 0.3 is 5.97 Å². The van der Waals surface area contributed by atoms with E-state index in [1.165, 1.54) is 7.11 Å². The molecular weight excluding hydrogens is 292 g/mol. The van der Waals surface area contributed by atoms with Crippen molar-refractivity contribution < 1.29 is 14.3 Å². The number of methoxy groups -OCH3 is 1. The van der Waals surface area contributed by atoms with Gasteiger partial charge in [0, 0.05) is 12.0 Å². The molecule has 2 aromatic rings. The highest BCUT2D eigenvalue weighted by Crippen LogP contribution is 2.16. The molecule has 0 spiro atoms. The van der Waals surface area contributed by atoms with Crippen LogP contribution < -0.4 is 5.32 Å². The second-order valence-electron chi connectivity index (χ2n) is 5.16. The Hall–Kier alpha value is -2.87. The summed E-state index contributed by atoms with van der Waals surface area (Å²) in [5.74, 6) is -0.833. The van der Waals surface area contributed by atoms with Crippen molar-refractivity contribution in [2.75, 3.05) is 7.11 Å². The number of ether oxygens (including phenoxy) is 1. The number of unbranched alkanes of at least 4 members (excludes halogenated alkanes) is 1. The number of hydrogen-bond acceptors (Lipinski definition) is 4. The van der Waals surface area contributed by atoms with Gasteiger partial charge in [-0.2, -0.15) is 5.26 Å². The van der Waals surface area contributed by atoms with Crippen LogP contribution in [0, 0.1) is 11.3 Å².